The molecule has 10 heteroatoms. The molecule has 0 radical (unpaired) electrons. The highest BCUT2D eigenvalue weighted by Gasteiger charge is 2.35. The van der Waals surface area contributed by atoms with Crippen LogP contribution in [0.25, 0.3) is 0 Å². The molecule has 0 aliphatic carbocycles. The first kappa shape index (κ1) is 30.5. The maximum absolute atomic E-state index is 14.1. The third-order valence-electron chi connectivity index (χ3n) is 6.78. The maximum Gasteiger partial charge on any atom is 0.264 e. The molecule has 1 atom stereocenters. The number of hydrogen-bond donors (Lipinski definition) is 1. The summed E-state index contributed by atoms with van der Waals surface area (Å²) in [5, 5.41) is 2.63. The summed E-state index contributed by atoms with van der Waals surface area (Å²) in [6.45, 7) is 5.15. The van der Waals surface area contributed by atoms with Crippen LogP contribution in [0.4, 0.5) is 5.69 Å². The van der Waals surface area contributed by atoms with E-state index >= 15 is 0 Å². The van der Waals surface area contributed by atoms with Crippen LogP contribution in [0.3, 0.4) is 0 Å². The third kappa shape index (κ3) is 6.74. The Balaban J connectivity index is 2.16. The van der Waals surface area contributed by atoms with Crippen molar-refractivity contribution in [3.05, 3.63) is 83.4 Å². The van der Waals surface area contributed by atoms with E-state index in [9.17, 15) is 18.0 Å². The number of amides is 2. The van der Waals surface area contributed by atoms with Gasteiger partial charge >= 0.3 is 0 Å². The zero-order valence-electron chi connectivity index (χ0n) is 23.8. The summed E-state index contributed by atoms with van der Waals surface area (Å²) >= 11 is 0. The number of nitrogens with zero attached hydrogens (tertiary/aromatic N) is 2. The number of carbonyl (C=O) groups is 2. The fourth-order valence-corrected chi connectivity index (χ4v) is 5.82. The number of ether oxygens (including phenoxy) is 2. The number of benzene rings is 3. The molecular formula is C30H37N3O6S. The lowest BCUT2D eigenvalue weighted by molar-refractivity contribution is -0.140. The Morgan fingerprint density at radius 3 is 2.20 bits per heavy atom. The van der Waals surface area contributed by atoms with E-state index in [4.69, 9.17) is 9.47 Å². The Morgan fingerprint density at radius 2 is 1.62 bits per heavy atom. The summed E-state index contributed by atoms with van der Waals surface area (Å²) < 4.78 is 40.1. The molecule has 0 aliphatic rings. The summed E-state index contributed by atoms with van der Waals surface area (Å²) in [7, 11) is 0.155. The van der Waals surface area contributed by atoms with Gasteiger partial charge in [0.2, 0.25) is 11.8 Å². The summed E-state index contributed by atoms with van der Waals surface area (Å²) in [4.78, 5) is 28.4. The number of carbonyl (C=O) groups excluding carboxylic acids is 2. The highest BCUT2D eigenvalue weighted by molar-refractivity contribution is 7.92. The predicted octanol–water partition coefficient (Wildman–Crippen LogP) is 4.07. The van der Waals surface area contributed by atoms with Crippen LogP contribution in [-0.4, -0.2) is 59.0 Å². The number of rotatable bonds is 12. The van der Waals surface area contributed by atoms with Gasteiger partial charge < -0.3 is 19.7 Å². The van der Waals surface area contributed by atoms with Crippen molar-refractivity contribution in [3.8, 4) is 11.5 Å². The lowest BCUT2D eigenvalue weighted by Gasteiger charge is -2.33. The molecule has 0 unspecified atom stereocenters. The number of likely N-dealkylation sites (N-methyl/N-ethyl adjacent to an activating group) is 1. The molecule has 0 aliphatic heterocycles. The average molecular weight is 568 g/mol. The van der Waals surface area contributed by atoms with Crippen molar-refractivity contribution in [2.24, 2.45) is 0 Å². The lowest BCUT2D eigenvalue weighted by atomic mass is 10.1. The first-order valence-corrected chi connectivity index (χ1v) is 14.4. The summed E-state index contributed by atoms with van der Waals surface area (Å²) in [5.74, 6) is -0.246. The van der Waals surface area contributed by atoms with Gasteiger partial charge in [-0.05, 0) is 55.7 Å². The maximum atomic E-state index is 14.1. The zero-order valence-corrected chi connectivity index (χ0v) is 24.6. The van der Waals surface area contributed by atoms with E-state index in [-0.39, 0.29) is 28.8 Å². The standard InChI is InChI=1S/C30H37N3O6S/c1-7-26(30(35)31-4)32(19-23-11-9-8-10-22(23)3)29(34)20-33(27-18-24(38-5)14-17-28(27)39-6)40(36,37)25-15-12-21(2)13-16-25/h8-18,26H,7,19-20H2,1-6H3,(H,31,35)/t26-/m0/s1. The van der Waals surface area contributed by atoms with Crippen LogP contribution in [0.2, 0.25) is 0 Å². The van der Waals surface area contributed by atoms with Crippen LogP contribution < -0.4 is 19.1 Å². The highest BCUT2D eigenvalue weighted by atomic mass is 32.2. The molecule has 3 aromatic rings. The van der Waals surface area contributed by atoms with Crippen molar-refractivity contribution in [1.82, 2.24) is 10.2 Å². The third-order valence-corrected chi connectivity index (χ3v) is 8.55. The number of sulfonamides is 1. The first-order chi connectivity index (χ1) is 19.1. The number of nitrogens with one attached hydrogen (secondary N) is 1. The molecule has 0 saturated carbocycles. The van der Waals surface area contributed by atoms with Gasteiger partial charge in [-0.15, -0.1) is 0 Å². The Hall–Kier alpha value is -4.05. The van der Waals surface area contributed by atoms with Crippen molar-refractivity contribution in [2.75, 3.05) is 32.1 Å². The van der Waals surface area contributed by atoms with Gasteiger partial charge in [-0.25, -0.2) is 8.42 Å². The van der Waals surface area contributed by atoms with E-state index < -0.39 is 28.5 Å². The van der Waals surface area contributed by atoms with E-state index in [1.54, 1.807) is 24.3 Å². The average Bonchev–Trinajstić information content (AvgIpc) is 2.96. The molecule has 3 aromatic carbocycles. The van der Waals surface area contributed by atoms with Gasteiger partial charge in [0.1, 0.15) is 24.1 Å². The van der Waals surface area contributed by atoms with Gasteiger partial charge in [-0.2, -0.15) is 0 Å². The normalized spacial score (nSPS) is 11.8. The molecule has 0 heterocycles. The Kier molecular flexibility index (Phi) is 10.2. The van der Waals surface area contributed by atoms with Gasteiger partial charge in [0.15, 0.2) is 0 Å². The van der Waals surface area contributed by atoms with E-state index in [0.29, 0.717) is 12.2 Å². The molecule has 9 nitrogen and oxygen atoms in total. The predicted molar refractivity (Wildman–Crippen MR) is 155 cm³/mol. The molecule has 1 N–H and O–H groups in total. The monoisotopic (exact) mass is 567 g/mol. The van der Waals surface area contributed by atoms with Gasteiger partial charge in [0.25, 0.3) is 10.0 Å². The second-order valence-corrected chi connectivity index (χ2v) is 11.2. The summed E-state index contributed by atoms with van der Waals surface area (Å²) in [5.41, 5.74) is 2.83. The fourth-order valence-electron chi connectivity index (χ4n) is 4.40. The van der Waals surface area contributed by atoms with Gasteiger partial charge in [-0.3, -0.25) is 13.9 Å². The van der Waals surface area contributed by atoms with E-state index in [1.165, 1.54) is 44.4 Å². The minimum atomic E-state index is -4.25. The largest absolute Gasteiger partial charge is 0.497 e. The van der Waals surface area contributed by atoms with Crippen LogP contribution in [0, 0.1) is 13.8 Å². The Bertz CT molecular complexity index is 1440. The first-order valence-electron chi connectivity index (χ1n) is 12.9. The number of anilines is 1. The molecule has 214 valence electrons. The Morgan fingerprint density at radius 1 is 0.950 bits per heavy atom. The summed E-state index contributed by atoms with van der Waals surface area (Å²) in [6.07, 6.45) is 0.338. The van der Waals surface area contributed by atoms with E-state index in [2.05, 4.69) is 5.32 Å². The van der Waals surface area contributed by atoms with Crippen LogP contribution in [0.1, 0.15) is 30.0 Å². The second-order valence-electron chi connectivity index (χ2n) is 9.35. The van der Waals surface area contributed by atoms with Crippen LogP contribution >= 0.6 is 0 Å². The van der Waals surface area contributed by atoms with Crippen molar-refractivity contribution in [1.29, 1.82) is 0 Å². The minimum absolute atomic E-state index is 0.0135. The van der Waals surface area contributed by atoms with Crippen LogP contribution in [-0.2, 0) is 26.2 Å². The molecule has 0 saturated heterocycles. The zero-order chi connectivity index (χ0) is 29.4. The van der Waals surface area contributed by atoms with E-state index in [0.717, 1.165) is 21.0 Å². The molecular weight excluding hydrogens is 530 g/mol. The molecule has 0 bridgehead atoms. The molecule has 0 spiro atoms. The van der Waals surface area contributed by atoms with Crippen molar-refractivity contribution in [2.45, 2.75) is 44.7 Å². The molecule has 0 fully saturated rings. The SMILES string of the molecule is CC[C@@H](C(=O)NC)N(Cc1ccccc1C)C(=O)CN(c1cc(OC)ccc1OC)S(=O)(=O)c1ccc(C)cc1. The Labute approximate surface area is 236 Å². The second kappa shape index (κ2) is 13.3. The van der Waals surface area contributed by atoms with Crippen LogP contribution in [0.5, 0.6) is 11.5 Å². The highest BCUT2D eigenvalue weighted by Crippen LogP contribution is 2.36. The van der Waals surface area contributed by atoms with Crippen molar-refractivity contribution >= 4 is 27.5 Å². The summed E-state index contributed by atoms with van der Waals surface area (Å²) in [6, 6.07) is 17.9. The molecule has 2 amide bonds. The molecule has 0 aromatic heterocycles. The number of aryl methyl sites for hydroxylation is 2. The molecule has 40 heavy (non-hydrogen) atoms. The van der Waals surface area contributed by atoms with Gasteiger partial charge in [0.05, 0.1) is 24.8 Å². The smallest absolute Gasteiger partial charge is 0.264 e. The van der Waals surface area contributed by atoms with Gasteiger partial charge in [0, 0.05) is 19.7 Å². The minimum Gasteiger partial charge on any atom is -0.497 e. The van der Waals surface area contributed by atoms with E-state index in [1.807, 2.05) is 45.0 Å². The van der Waals surface area contributed by atoms with Crippen molar-refractivity contribution < 1.29 is 27.5 Å². The number of methoxy groups -OCH3 is 2. The quantitative estimate of drug-likeness (QED) is 0.354. The van der Waals surface area contributed by atoms with Crippen LogP contribution in [0.15, 0.2) is 71.6 Å². The molecule has 3 rings (SSSR count). The van der Waals surface area contributed by atoms with Gasteiger partial charge in [-0.1, -0.05) is 48.9 Å². The topological polar surface area (TPSA) is 105 Å². The fraction of sp³-hybridized carbons (Fsp3) is 0.333. The lowest BCUT2D eigenvalue weighted by Crippen LogP contribution is -2.51. The van der Waals surface area contributed by atoms with Crippen molar-refractivity contribution in [3.63, 3.8) is 0 Å². The number of hydrogen-bond acceptors (Lipinski definition) is 6.